The number of benzene rings is 1. The zero-order valence-corrected chi connectivity index (χ0v) is 11.4. The summed E-state index contributed by atoms with van der Waals surface area (Å²) in [6.45, 7) is 2.65. The third kappa shape index (κ3) is 2.97. The first-order valence-electron chi connectivity index (χ1n) is 6.38. The third-order valence-corrected chi connectivity index (χ3v) is 3.22. The van der Waals surface area contributed by atoms with Gasteiger partial charge in [-0.05, 0) is 36.1 Å². The number of carbonyl (C=O) groups excluding carboxylic acids is 2. The molecule has 5 heteroatoms. The van der Waals surface area contributed by atoms with Gasteiger partial charge in [-0.2, -0.15) is 5.26 Å². The van der Waals surface area contributed by atoms with E-state index < -0.39 is 24.1 Å². The molecule has 0 aliphatic heterocycles. The Labute approximate surface area is 117 Å². The number of nitrogens with zero attached hydrogens (tertiary/aromatic N) is 1. The normalized spacial score (nSPS) is 20.4. The van der Waals surface area contributed by atoms with Crippen molar-refractivity contribution in [2.45, 2.75) is 38.9 Å². The summed E-state index contributed by atoms with van der Waals surface area (Å²) in [7, 11) is 0. The minimum atomic E-state index is -0.604. The van der Waals surface area contributed by atoms with E-state index in [1.807, 2.05) is 0 Å². The van der Waals surface area contributed by atoms with E-state index >= 15 is 0 Å². The molecule has 1 aliphatic rings. The molecule has 0 saturated heterocycles. The van der Waals surface area contributed by atoms with Crippen molar-refractivity contribution >= 4 is 11.9 Å². The van der Waals surface area contributed by atoms with E-state index in [9.17, 15) is 9.59 Å². The fraction of sp³-hybridized carbons (Fsp3) is 0.400. The predicted molar refractivity (Wildman–Crippen MR) is 69.5 cm³/mol. The summed E-state index contributed by atoms with van der Waals surface area (Å²) in [6, 6.07) is 7.30. The maximum Gasteiger partial charge on any atom is 0.303 e. The molecule has 1 aromatic carbocycles. The van der Waals surface area contributed by atoms with Crippen LogP contribution in [0, 0.1) is 11.3 Å². The molecule has 5 nitrogen and oxygen atoms in total. The van der Waals surface area contributed by atoms with Gasteiger partial charge in [-0.15, -0.1) is 0 Å². The van der Waals surface area contributed by atoms with Gasteiger partial charge < -0.3 is 9.47 Å². The second kappa shape index (κ2) is 5.74. The minimum Gasteiger partial charge on any atom is -0.458 e. The second-order valence-electron chi connectivity index (χ2n) is 4.74. The Morgan fingerprint density at radius 2 is 1.95 bits per heavy atom. The molecular weight excluding hydrogens is 258 g/mol. The van der Waals surface area contributed by atoms with Crippen LogP contribution in [0.5, 0.6) is 0 Å². The summed E-state index contributed by atoms with van der Waals surface area (Å²) in [4.78, 5) is 22.4. The van der Waals surface area contributed by atoms with Gasteiger partial charge in [-0.25, -0.2) is 0 Å². The summed E-state index contributed by atoms with van der Waals surface area (Å²) in [5.41, 5.74) is 2.33. The molecule has 0 radical (unpaired) electrons. The molecule has 0 saturated carbocycles. The molecule has 2 unspecified atom stereocenters. The quantitative estimate of drug-likeness (QED) is 0.771. The number of aryl methyl sites for hydroxylation is 1. The van der Waals surface area contributed by atoms with Gasteiger partial charge in [0.15, 0.2) is 6.10 Å². The summed E-state index contributed by atoms with van der Waals surface area (Å²) in [5.74, 6) is -0.825. The number of fused-ring (bicyclic) bond motifs is 1. The Kier molecular flexibility index (Phi) is 4.04. The van der Waals surface area contributed by atoms with Gasteiger partial charge in [-0.1, -0.05) is 6.07 Å². The first kappa shape index (κ1) is 14.1. The summed E-state index contributed by atoms with van der Waals surface area (Å²) >= 11 is 0. The fourth-order valence-corrected chi connectivity index (χ4v) is 2.47. The maximum absolute atomic E-state index is 11.3. The lowest BCUT2D eigenvalue weighted by molar-refractivity contribution is -0.167. The van der Waals surface area contributed by atoms with Crippen LogP contribution in [0.4, 0.5) is 0 Å². The first-order chi connectivity index (χ1) is 9.51. The van der Waals surface area contributed by atoms with Gasteiger partial charge >= 0.3 is 11.9 Å². The van der Waals surface area contributed by atoms with Crippen molar-refractivity contribution in [1.29, 1.82) is 5.26 Å². The molecule has 104 valence electrons. The molecule has 0 fully saturated rings. The molecule has 1 aliphatic carbocycles. The van der Waals surface area contributed by atoms with E-state index in [-0.39, 0.29) is 0 Å². The topological polar surface area (TPSA) is 76.4 Å². The van der Waals surface area contributed by atoms with Gasteiger partial charge in [0, 0.05) is 13.8 Å². The highest BCUT2D eigenvalue weighted by molar-refractivity contribution is 5.68. The van der Waals surface area contributed by atoms with Crippen molar-refractivity contribution in [2.75, 3.05) is 0 Å². The lowest BCUT2D eigenvalue weighted by atomic mass is 9.86. The van der Waals surface area contributed by atoms with Crippen LogP contribution in [-0.2, 0) is 25.5 Å². The first-order valence-corrected chi connectivity index (χ1v) is 6.38. The van der Waals surface area contributed by atoms with Crippen LogP contribution in [-0.4, -0.2) is 18.0 Å². The number of hydrogen-bond donors (Lipinski definition) is 0. The van der Waals surface area contributed by atoms with Gasteiger partial charge in [-0.3, -0.25) is 9.59 Å². The predicted octanol–water partition coefficient (Wildman–Crippen LogP) is 2.04. The Morgan fingerprint density at radius 3 is 2.55 bits per heavy atom. The molecule has 0 amide bonds. The van der Waals surface area contributed by atoms with Gasteiger partial charge in [0.25, 0.3) is 0 Å². The van der Waals surface area contributed by atoms with Crippen molar-refractivity contribution in [3.05, 3.63) is 34.9 Å². The molecule has 0 N–H and O–H groups in total. The molecule has 0 heterocycles. The van der Waals surface area contributed by atoms with E-state index in [0.29, 0.717) is 18.4 Å². The number of carbonyl (C=O) groups is 2. The number of esters is 2. The van der Waals surface area contributed by atoms with Crippen molar-refractivity contribution in [2.24, 2.45) is 0 Å². The Morgan fingerprint density at radius 1 is 1.25 bits per heavy atom. The minimum absolute atomic E-state index is 0.399. The SMILES string of the molecule is CC(=O)OC1CCc2cc(C#N)ccc2C1OC(C)=O. The molecule has 0 spiro atoms. The molecule has 2 atom stereocenters. The van der Waals surface area contributed by atoms with Crippen molar-refractivity contribution in [3.63, 3.8) is 0 Å². The fourth-order valence-electron chi connectivity index (χ4n) is 2.47. The number of hydrogen-bond acceptors (Lipinski definition) is 5. The van der Waals surface area contributed by atoms with E-state index in [0.717, 1.165) is 11.1 Å². The van der Waals surface area contributed by atoms with Crippen molar-refractivity contribution in [3.8, 4) is 6.07 Å². The van der Waals surface area contributed by atoms with Gasteiger partial charge in [0.2, 0.25) is 0 Å². The van der Waals surface area contributed by atoms with Crippen molar-refractivity contribution in [1.82, 2.24) is 0 Å². The Balaban J connectivity index is 2.36. The smallest absolute Gasteiger partial charge is 0.303 e. The standard InChI is InChI=1S/C15H15NO4/c1-9(17)19-14-6-4-12-7-11(8-16)3-5-13(12)15(14)20-10(2)18/h3,5,7,14-15H,4,6H2,1-2H3. The zero-order chi connectivity index (χ0) is 14.7. The van der Waals surface area contributed by atoms with Crippen LogP contribution < -0.4 is 0 Å². The largest absolute Gasteiger partial charge is 0.458 e. The average Bonchev–Trinajstić information content (AvgIpc) is 2.39. The summed E-state index contributed by atoms with van der Waals surface area (Å²) in [5, 5.41) is 8.92. The van der Waals surface area contributed by atoms with Crippen molar-refractivity contribution < 1.29 is 19.1 Å². The zero-order valence-electron chi connectivity index (χ0n) is 11.4. The monoisotopic (exact) mass is 273 g/mol. The lowest BCUT2D eigenvalue weighted by Gasteiger charge is -2.32. The van der Waals surface area contributed by atoms with Crippen LogP contribution in [0.15, 0.2) is 18.2 Å². The van der Waals surface area contributed by atoms with Crippen LogP contribution in [0.3, 0.4) is 0 Å². The van der Waals surface area contributed by atoms with Gasteiger partial charge in [0.05, 0.1) is 11.6 Å². The van der Waals surface area contributed by atoms with Gasteiger partial charge in [0.1, 0.15) is 6.10 Å². The van der Waals surface area contributed by atoms with E-state index in [4.69, 9.17) is 14.7 Å². The molecule has 2 rings (SSSR count). The molecule has 1 aromatic rings. The molecule has 0 bridgehead atoms. The van der Waals surface area contributed by atoms with E-state index in [2.05, 4.69) is 6.07 Å². The second-order valence-corrected chi connectivity index (χ2v) is 4.74. The summed E-state index contributed by atoms with van der Waals surface area (Å²) < 4.78 is 10.5. The highest BCUT2D eigenvalue weighted by Gasteiger charge is 2.34. The molecule has 20 heavy (non-hydrogen) atoms. The van der Waals surface area contributed by atoms with Crippen LogP contribution in [0.25, 0.3) is 0 Å². The Hall–Kier alpha value is -2.35. The van der Waals surface area contributed by atoms with Crippen LogP contribution in [0.2, 0.25) is 0 Å². The Bertz CT molecular complexity index is 588. The molecular formula is C15H15NO4. The van der Waals surface area contributed by atoms with Crippen LogP contribution in [0.1, 0.15) is 43.1 Å². The van der Waals surface area contributed by atoms with Crippen LogP contribution >= 0.6 is 0 Å². The average molecular weight is 273 g/mol. The number of rotatable bonds is 2. The van der Waals surface area contributed by atoms with E-state index in [1.165, 1.54) is 13.8 Å². The molecule has 0 aromatic heterocycles. The number of nitriles is 1. The highest BCUT2D eigenvalue weighted by Crippen LogP contribution is 2.35. The highest BCUT2D eigenvalue weighted by atomic mass is 16.6. The third-order valence-electron chi connectivity index (χ3n) is 3.22. The number of ether oxygens (including phenoxy) is 2. The lowest BCUT2D eigenvalue weighted by Crippen LogP contribution is -2.32. The summed E-state index contributed by atoms with van der Waals surface area (Å²) in [6.07, 6.45) is 0.171. The van der Waals surface area contributed by atoms with E-state index in [1.54, 1.807) is 18.2 Å². The maximum atomic E-state index is 11.3.